The Labute approximate surface area is 93.5 Å². The van der Waals surface area contributed by atoms with Gasteiger partial charge in [0, 0.05) is 0 Å². The van der Waals surface area contributed by atoms with Gasteiger partial charge in [0.2, 0.25) is 8.32 Å². The molecule has 0 aromatic carbocycles. The van der Waals surface area contributed by atoms with E-state index in [2.05, 4.69) is 39.2 Å². The van der Waals surface area contributed by atoms with Gasteiger partial charge in [-0.1, -0.05) is 20.8 Å². The predicted octanol–water partition coefficient (Wildman–Crippen LogP) is 2.30. The minimum Gasteiger partial charge on any atom is -0.545 e. The van der Waals surface area contributed by atoms with Gasteiger partial charge in [0.25, 0.3) is 0 Å². The van der Waals surface area contributed by atoms with E-state index in [1.54, 1.807) is 0 Å². The van der Waals surface area contributed by atoms with E-state index in [4.69, 9.17) is 10.2 Å². The summed E-state index contributed by atoms with van der Waals surface area (Å²) in [4.78, 5) is 0. The maximum absolute atomic E-state index is 6.13. The van der Waals surface area contributed by atoms with Crippen LogP contribution in [-0.2, 0) is 4.43 Å². The zero-order chi connectivity index (χ0) is 11.7. The average Bonchev–Trinajstić information content (AvgIpc) is 2.06. The highest BCUT2D eigenvalue weighted by atomic mass is 28.4. The largest absolute Gasteiger partial charge is 0.545 e. The smallest absolute Gasteiger partial charge is 0.250 e. The summed E-state index contributed by atoms with van der Waals surface area (Å²) in [5.41, 5.74) is 5.61. The molecule has 4 heteroatoms. The quantitative estimate of drug-likeness (QED) is 0.710. The molecule has 1 rings (SSSR count). The Morgan fingerprint density at radius 1 is 1.33 bits per heavy atom. The fraction of sp³-hybridized carbons (Fsp3) is 0.636. The second-order valence-electron chi connectivity index (χ2n) is 5.47. The van der Waals surface area contributed by atoms with E-state index in [9.17, 15) is 0 Å². The molecule has 0 atom stereocenters. The lowest BCUT2D eigenvalue weighted by Gasteiger charge is -2.37. The summed E-state index contributed by atoms with van der Waals surface area (Å²) in [5.74, 6) is 1.70. The second kappa shape index (κ2) is 3.93. The molecule has 0 fully saturated rings. The van der Waals surface area contributed by atoms with Crippen LogP contribution in [0.1, 0.15) is 20.8 Å². The van der Waals surface area contributed by atoms with Crippen LogP contribution in [0.5, 0.6) is 0 Å². The lowest BCUT2D eigenvalue weighted by molar-refractivity contribution is 0.369. The molecule has 0 aromatic heterocycles. The number of dihydropyridines is 1. The summed E-state index contributed by atoms with van der Waals surface area (Å²) in [7, 11) is -1.69. The lowest BCUT2D eigenvalue weighted by Crippen LogP contribution is -2.42. The summed E-state index contributed by atoms with van der Waals surface area (Å²) in [5, 5.41) is 3.31. The van der Waals surface area contributed by atoms with E-state index in [1.807, 2.05) is 12.2 Å². The SMILES string of the molecule is CC(C)(C)[Si](C)(C)OC1=CC=C(N)NC1. The highest BCUT2D eigenvalue weighted by Crippen LogP contribution is 2.37. The molecule has 0 saturated heterocycles. The molecule has 1 aliphatic rings. The van der Waals surface area contributed by atoms with Crippen molar-refractivity contribution in [1.82, 2.24) is 5.32 Å². The molecule has 3 nitrogen and oxygen atoms in total. The average molecular weight is 226 g/mol. The Bertz CT molecular complexity index is 300. The molecule has 3 N–H and O–H groups in total. The van der Waals surface area contributed by atoms with E-state index in [0.29, 0.717) is 12.4 Å². The summed E-state index contributed by atoms with van der Waals surface area (Å²) in [6, 6.07) is 0. The molecule has 0 amide bonds. The van der Waals surface area contributed by atoms with Crippen LogP contribution in [0.3, 0.4) is 0 Å². The van der Waals surface area contributed by atoms with Gasteiger partial charge in [-0.25, -0.2) is 0 Å². The van der Waals surface area contributed by atoms with Crippen molar-refractivity contribution in [2.24, 2.45) is 5.73 Å². The Kier molecular flexibility index (Phi) is 3.18. The molecule has 0 aromatic rings. The number of hydrogen-bond donors (Lipinski definition) is 2. The molecule has 0 radical (unpaired) electrons. The van der Waals surface area contributed by atoms with Gasteiger partial charge >= 0.3 is 0 Å². The van der Waals surface area contributed by atoms with Gasteiger partial charge in [0.15, 0.2) is 0 Å². The molecule has 1 heterocycles. The first-order valence-corrected chi connectivity index (χ1v) is 8.22. The van der Waals surface area contributed by atoms with Crippen LogP contribution in [0.4, 0.5) is 0 Å². The zero-order valence-electron chi connectivity index (χ0n) is 10.3. The third-order valence-corrected chi connectivity index (χ3v) is 7.49. The van der Waals surface area contributed by atoms with E-state index in [-0.39, 0.29) is 5.04 Å². The van der Waals surface area contributed by atoms with Gasteiger partial charge in [-0.05, 0) is 30.3 Å². The van der Waals surface area contributed by atoms with Crippen LogP contribution in [0.25, 0.3) is 0 Å². The number of nitrogens with one attached hydrogen (secondary N) is 1. The summed E-state index contributed by atoms with van der Waals surface area (Å²) in [6.07, 6.45) is 3.82. The number of allylic oxidation sites excluding steroid dienone is 2. The summed E-state index contributed by atoms with van der Waals surface area (Å²) < 4.78 is 6.13. The third-order valence-electron chi connectivity index (χ3n) is 3.11. The molecule has 1 aliphatic heterocycles. The molecule has 0 bridgehead atoms. The van der Waals surface area contributed by atoms with Crippen molar-refractivity contribution >= 4 is 8.32 Å². The van der Waals surface area contributed by atoms with Crippen LogP contribution in [-0.4, -0.2) is 14.9 Å². The van der Waals surface area contributed by atoms with Gasteiger partial charge in [-0.2, -0.15) is 0 Å². The minimum atomic E-state index is -1.69. The van der Waals surface area contributed by atoms with Crippen LogP contribution >= 0.6 is 0 Å². The first-order valence-electron chi connectivity index (χ1n) is 5.31. The van der Waals surface area contributed by atoms with E-state index < -0.39 is 8.32 Å². The maximum atomic E-state index is 6.13. The molecule has 0 saturated carbocycles. The van der Waals surface area contributed by atoms with Crippen LogP contribution in [0.2, 0.25) is 18.1 Å². The Hall–Kier alpha value is -0.903. The molecular weight excluding hydrogens is 204 g/mol. The van der Waals surface area contributed by atoms with Gasteiger partial charge in [0.05, 0.1) is 18.1 Å². The standard InChI is InChI=1S/C11H22N2OSi/c1-11(2,3)15(4,5)14-9-6-7-10(12)13-8-9/h6-7,13H,8,12H2,1-5H3. The van der Waals surface area contributed by atoms with Crippen molar-refractivity contribution in [2.45, 2.75) is 38.9 Å². The van der Waals surface area contributed by atoms with Crippen molar-refractivity contribution in [2.75, 3.05) is 6.54 Å². The van der Waals surface area contributed by atoms with Gasteiger partial charge in [0.1, 0.15) is 0 Å². The van der Waals surface area contributed by atoms with E-state index >= 15 is 0 Å². The van der Waals surface area contributed by atoms with Gasteiger partial charge in [-0.15, -0.1) is 0 Å². The molecule has 15 heavy (non-hydrogen) atoms. The van der Waals surface area contributed by atoms with Crippen LogP contribution in [0, 0.1) is 0 Å². The summed E-state index contributed by atoms with van der Waals surface area (Å²) in [6.45, 7) is 11.9. The van der Waals surface area contributed by atoms with E-state index in [0.717, 1.165) is 5.76 Å². The molecular formula is C11H22N2OSi. The van der Waals surface area contributed by atoms with Gasteiger partial charge in [-0.3, -0.25) is 0 Å². The fourth-order valence-corrected chi connectivity index (χ4v) is 2.14. The number of hydrogen-bond acceptors (Lipinski definition) is 3. The van der Waals surface area contributed by atoms with Crippen molar-refractivity contribution in [3.8, 4) is 0 Å². The maximum Gasteiger partial charge on any atom is 0.250 e. The van der Waals surface area contributed by atoms with Crippen LogP contribution in [0.15, 0.2) is 23.7 Å². The van der Waals surface area contributed by atoms with Crippen molar-refractivity contribution in [1.29, 1.82) is 0 Å². The zero-order valence-corrected chi connectivity index (χ0v) is 11.3. The third kappa shape index (κ3) is 3.02. The Balaban J connectivity index is 2.71. The fourth-order valence-electron chi connectivity index (χ4n) is 1.04. The summed E-state index contributed by atoms with van der Waals surface area (Å²) >= 11 is 0. The molecule has 0 unspecified atom stereocenters. The number of nitrogens with two attached hydrogens (primary N) is 1. The Morgan fingerprint density at radius 3 is 2.33 bits per heavy atom. The highest BCUT2D eigenvalue weighted by Gasteiger charge is 2.39. The minimum absolute atomic E-state index is 0.237. The second-order valence-corrected chi connectivity index (χ2v) is 10.2. The molecule has 0 spiro atoms. The van der Waals surface area contributed by atoms with Crippen molar-refractivity contribution < 1.29 is 4.43 Å². The highest BCUT2D eigenvalue weighted by molar-refractivity contribution is 6.74. The lowest BCUT2D eigenvalue weighted by atomic mass is 10.2. The van der Waals surface area contributed by atoms with Crippen molar-refractivity contribution in [3.63, 3.8) is 0 Å². The normalized spacial score (nSPS) is 17.7. The van der Waals surface area contributed by atoms with Gasteiger partial charge < -0.3 is 15.5 Å². The first kappa shape index (κ1) is 12.2. The Morgan fingerprint density at radius 2 is 1.93 bits per heavy atom. The molecule has 0 aliphatic carbocycles. The topological polar surface area (TPSA) is 47.3 Å². The van der Waals surface area contributed by atoms with Crippen molar-refractivity contribution in [3.05, 3.63) is 23.7 Å². The molecule has 86 valence electrons. The first-order chi connectivity index (χ1) is 6.72. The monoisotopic (exact) mass is 226 g/mol. The number of rotatable bonds is 2. The predicted molar refractivity (Wildman–Crippen MR) is 66.6 cm³/mol. The van der Waals surface area contributed by atoms with Crippen LogP contribution < -0.4 is 11.1 Å². The van der Waals surface area contributed by atoms with E-state index in [1.165, 1.54) is 0 Å².